The molecule has 1 aliphatic carbocycles. The second-order valence-electron chi connectivity index (χ2n) is 4.69. The summed E-state index contributed by atoms with van der Waals surface area (Å²) >= 11 is 0. The van der Waals surface area contributed by atoms with E-state index in [1.165, 1.54) is 12.8 Å². The van der Waals surface area contributed by atoms with Crippen LogP contribution < -0.4 is 10.6 Å². The van der Waals surface area contributed by atoms with Crippen molar-refractivity contribution < 1.29 is 4.79 Å². The molecule has 0 radical (unpaired) electrons. The molecule has 18 heavy (non-hydrogen) atoms. The number of hydrogen-bond donors (Lipinski definition) is 3. The first kappa shape index (κ1) is 11.2. The highest BCUT2D eigenvalue weighted by Crippen LogP contribution is 2.17. The molecule has 0 atom stereocenters. The standard InChI is InChI=1S/C13H16N4O/c18-13(7-14-10-2-3-10)15-6-9-1-4-11-12(5-9)17-8-16-11/h1,4-5,8,10,14H,2-3,6-7H2,(H,15,18)(H,16,17). The number of hydrogen-bond acceptors (Lipinski definition) is 3. The van der Waals surface area contributed by atoms with Crippen molar-refractivity contribution in [3.8, 4) is 0 Å². The van der Waals surface area contributed by atoms with Gasteiger partial charge in [-0.1, -0.05) is 6.07 Å². The van der Waals surface area contributed by atoms with Crippen molar-refractivity contribution in [3.63, 3.8) is 0 Å². The Morgan fingerprint density at radius 3 is 3.17 bits per heavy atom. The molecule has 0 aliphatic heterocycles. The third-order valence-corrected chi connectivity index (χ3v) is 3.10. The van der Waals surface area contributed by atoms with Gasteiger partial charge >= 0.3 is 0 Å². The number of nitrogens with one attached hydrogen (secondary N) is 3. The van der Waals surface area contributed by atoms with Crippen molar-refractivity contribution in [2.75, 3.05) is 6.54 Å². The summed E-state index contributed by atoms with van der Waals surface area (Å²) in [4.78, 5) is 18.8. The zero-order chi connectivity index (χ0) is 12.4. The Balaban J connectivity index is 1.53. The van der Waals surface area contributed by atoms with Crippen LogP contribution in [0.4, 0.5) is 0 Å². The molecule has 0 unspecified atom stereocenters. The number of fused-ring (bicyclic) bond motifs is 1. The van der Waals surface area contributed by atoms with E-state index >= 15 is 0 Å². The van der Waals surface area contributed by atoms with Crippen LogP contribution >= 0.6 is 0 Å². The third kappa shape index (κ3) is 2.68. The number of aromatic amines is 1. The van der Waals surface area contributed by atoms with Gasteiger partial charge in [0, 0.05) is 12.6 Å². The van der Waals surface area contributed by atoms with E-state index in [0.29, 0.717) is 19.1 Å². The Morgan fingerprint density at radius 2 is 2.33 bits per heavy atom. The largest absolute Gasteiger partial charge is 0.351 e. The molecule has 1 fully saturated rings. The first-order chi connectivity index (χ1) is 8.81. The number of carbonyl (C=O) groups excluding carboxylic acids is 1. The maximum atomic E-state index is 11.6. The van der Waals surface area contributed by atoms with Crippen LogP contribution in [0.1, 0.15) is 18.4 Å². The van der Waals surface area contributed by atoms with Gasteiger partial charge in [0.15, 0.2) is 0 Å². The number of aromatic nitrogens is 2. The van der Waals surface area contributed by atoms with Gasteiger partial charge in [-0.3, -0.25) is 4.79 Å². The molecular formula is C13H16N4O. The molecule has 0 spiro atoms. The smallest absolute Gasteiger partial charge is 0.234 e. The highest BCUT2D eigenvalue weighted by Gasteiger charge is 2.20. The van der Waals surface area contributed by atoms with E-state index in [1.807, 2.05) is 18.2 Å². The van der Waals surface area contributed by atoms with Crippen LogP contribution in [-0.2, 0) is 11.3 Å². The van der Waals surface area contributed by atoms with E-state index in [-0.39, 0.29) is 5.91 Å². The van der Waals surface area contributed by atoms with Crippen molar-refractivity contribution in [2.24, 2.45) is 0 Å². The summed E-state index contributed by atoms with van der Waals surface area (Å²) < 4.78 is 0. The van der Waals surface area contributed by atoms with Crippen molar-refractivity contribution >= 4 is 16.9 Å². The summed E-state index contributed by atoms with van der Waals surface area (Å²) in [6.45, 7) is 0.969. The van der Waals surface area contributed by atoms with Gasteiger partial charge in [0.05, 0.1) is 23.9 Å². The Morgan fingerprint density at radius 1 is 1.44 bits per heavy atom. The predicted octanol–water partition coefficient (Wildman–Crippen LogP) is 0.931. The average Bonchev–Trinajstić information content (AvgIpc) is 3.10. The minimum atomic E-state index is 0.0478. The van der Waals surface area contributed by atoms with Gasteiger partial charge in [-0.25, -0.2) is 4.98 Å². The van der Waals surface area contributed by atoms with E-state index in [4.69, 9.17) is 0 Å². The molecule has 1 aromatic heterocycles. The maximum absolute atomic E-state index is 11.6. The summed E-state index contributed by atoms with van der Waals surface area (Å²) in [6.07, 6.45) is 4.07. The van der Waals surface area contributed by atoms with Crippen molar-refractivity contribution in [2.45, 2.75) is 25.4 Å². The van der Waals surface area contributed by atoms with Crippen molar-refractivity contribution in [1.29, 1.82) is 0 Å². The fraction of sp³-hybridized carbons (Fsp3) is 0.385. The van der Waals surface area contributed by atoms with Crippen LogP contribution in [0.15, 0.2) is 24.5 Å². The zero-order valence-corrected chi connectivity index (χ0v) is 10.1. The molecule has 1 amide bonds. The second-order valence-corrected chi connectivity index (χ2v) is 4.69. The van der Waals surface area contributed by atoms with E-state index in [1.54, 1.807) is 6.33 Å². The van der Waals surface area contributed by atoms with Crippen molar-refractivity contribution in [1.82, 2.24) is 20.6 Å². The fourth-order valence-electron chi connectivity index (χ4n) is 1.88. The zero-order valence-electron chi connectivity index (χ0n) is 10.1. The first-order valence-electron chi connectivity index (χ1n) is 6.23. The van der Waals surface area contributed by atoms with Gasteiger partial charge < -0.3 is 15.6 Å². The molecule has 1 aromatic carbocycles. The quantitative estimate of drug-likeness (QED) is 0.733. The molecule has 1 saturated carbocycles. The molecule has 1 heterocycles. The lowest BCUT2D eigenvalue weighted by Gasteiger charge is -2.06. The van der Waals surface area contributed by atoms with E-state index < -0.39 is 0 Å². The number of carbonyl (C=O) groups is 1. The van der Waals surface area contributed by atoms with Crippen molar-refractivity contribution in [3.05, 3.63) is 30.1 Å². The number of imidazole rings is 1. The van der Waals surface area contributed by atoms with Crippen LogP contribution in [0.3, 0.4) is 0 Å². The number of nitrogens with zero attached hydrogens (tertiary/aromatic N) is 1. The summed E-state index contributed by atoms with van der Waals surface area (Å²) in [7, 11) is 0. The van der Waals surface area contributed by atoms with Gasteiger partial charge in [0.2, 0.25) is 5.91 Å². The lowest BCUT2D eigenvalue weighted by Crippen LogP contribution is -2.34. The molecule has 3 N–H and O–H groups in total. The molecule has 1 aliphatic rings. The predicted molar refractivity (Wildman–Crippen MR) is 69.0 cm³/mol. The van der Waals surface area contributed by atoms with E-state index in [0.717, 1.165) is 16.6 Å². The highest BCUT2D eigenvalue weighted by molar-refractivity contribution is 5.78. The van der Waals surface area contributed by atoms with Gasteiger partial charge in [-0.2, -0.15) is 0 Å². The second kappa shape index (κ2) is 4.78. The summed E-state index contributed by atoms with van der Waals surface area (Å²) in [5.41, 5.74) is 3.02. The maximum Gasteiger partial charge on any atom is 0.234 e. The molecule has 5 nitrogen and oxygen atoms in total. The molecule has 0 saturated heterocycles. The van der Waals surface area contributed by atoms with E-state index in [9.17, 15) is 4.79 Å². The molecule has 2 aromatic rings. The van der Waals surface area contributed by atoms with E-state index in [2.05, 4.69) is 20.6 Å². The Kier molecular flexibility index (Phi) is 2.98. The van der Waals surface area contributed by atoms with Crippen LogP contribution in [0, 0.1) is 0 Å². The minimum absolute atomic E-state index is 0.0478. The summed E-state index contributed by atoms with van der Waals surface area (Å²) in [5.74, 6) is 0.0478. The lowest BCUT2D eigenvalue weighted by molar-refractivity contribution is -0.120. The van der Waals surface area contributed by atoms with Crippen LogP contribution in [-0.4, -0.2) is 28.5 Å². The molecule has 94 valence electrons. The van der Waals surface area contributed by atoms with Gasteiger partial charge in [-0.05, 0) is 30.5 Å². The fourth-order valence-corrected chi connectivity index (χ4v) is 1.88. The minimum Gasteiger partial charge on any atom is -0.351 e. The lowest BCUT2D eigenvalue weighted by atomic mass is 10.2. The summed E-state index contributed by atoms with van der Waals surface area (Å²) in [6, 6.07) is 6.52. The van der Waals surface area contributed by atoms with Gasteiger partial charge in [-0.15, -0.1) is 0 Å². The van der Waals surface area contributed by atoms with Crippen LogP contribution in [0.25, 0.3) is 11.0 Å². The Labute approximate surface area is 105 Å². The molecule has 3 rings (SSSR count). The Bertz CT molecular complexity index is 559. The molecule has 5 heteroatoms. The SMILES string of the molecule is O=C(CNC1CC1)NCc1ccc2nc[nH]c2c1. The average molecular weight is 244 g/mol. The first-order valence-corrected chi connectivity index (χ1v) is 6.23. The van der Waals surface area contributed by atoms with Crippen LogP contribution in [0.5, 0.6) is 0 Å². The number of H-pyrrole nitrogens is 1. The number of rotatable bonds is 5. The van der Waals surface area contributed by atoms with Gasteiger partial charge in [0.25, 0.3) is 0 Å². The third-order valence-electron chi connectivity index (χ3n) is 3.10. The molecular weight excluding hydrogens is 228 g/mol. The topological polar surface area (TPSA) is 69.8 Å². The van der Waals surface area contributed by atoms with Gasteiger partial charge in [0.1, 0.15) is 0 Å². The number of amides is 1. The summed E-state index contributed by atoms with van der Waals surface area (Å²) in [5, 5.41) is 6.09. The number of benzene rings is 1. The normalized spacial score (nSPS) is 14.9. The highest BCUT2D eigenvalue weighted by atomic mass is 16.1. The Hall–Kier alpha value is -1.88. The molecule has 0 bridgehead atoms. The monoisotopic (exact) mass is 244 g/mol. The van der Waals surface area contributed by atoms with Crippen LogP contribution in [0.2, 0.25) is 0 Å².